The molecule has 0 aromatic heterocycles. The standard InChI is InChI=1S/C19H18FN3O6/c20-13-7-9-14(10-8-13)21-18(25)12-29-19(26)6-2-5-17(24)22-15-3-1-4-16(11-15)23(27)28/h1,3-4,7-11H,2,5-6,12H2,(H,21,25)(H,22,24). The van der Waals surface area contributed by atoms with Crippen LogP contribution in [0.25, 0.3) is 0 Å². The fourth-order valence-electron chi connectivity index (χ4n) is 2.26. The lowest BCUT2D eigenvalue weighted by Gasteiger charge is -2.07. The molecule has 0 aliphatic rings. The molecule has 0 aliphatic heterocycles. The van der Waals surface area contributed by atoms with Gasteiger partial charge in [0.25, 0.3) is 11.6 Å². The fraction of sp³-hybridized carbons (Fsp3) is 0.211. The minimum atomic E-state index is -0.651. The van der Waals surface area contributed by atoms with Gasteiger partial charge in [0.15, 0.2) is 6.61 Å². The van der Waals surface area contributed by atoms with Crippen molar-refractivity contribution in [1.29, 1.82) is 0 Å². The van der Waals surface area contributed by atoms with E-state index in [4.69, 9.17) is 4.74 Å². The molecule has 0 unspecified atom stereocenters. The van der Waals surface area contributed by atoms with Gasteiger partial charge in [0.05, 0.1) is 4.92 Å². The van der Waals surface area contributed by atoms with Crippen molar-refractivity contribution < 1.29 is 28.4 Å². The molecule has 0 spiro atoms. The number of rotatable bonds is 9. The molecule has 2 aromatic carbocycles. The van der Waals surface area contributed by atoms with E-state index in [1.165, 1.54) is 48.5 Å². The normalized spacial score (nSPS) is 10.1. The number of anilines is 2. The van der Waals surface area contributed by atoms with E-state index < -0.39 is 35.1 Å². The first kappa shape index (κ1) is 21.5. The molecule has 2 aromatic rings. The Hall–Kier alpha value is -3.82. The molecule has 0 radical (unpaired) electrons. The van der Waals surface area contributed by atoms with Gasteiger partial charge in [-0.05, 0) is 36.8 Å². The molecule has 0 heterocycles. The molecule has 0 fully saturated rings. The second-order valence-corrected chi connectivity index (χ2v) is 5.92. The van der Waals surface area contributed by atoms with Gasteiger partial charge in [0.2, 0.25) is 5.91 Å². The van der Waals surface area contributed by atoms with Crippen molar-refractivity contribution in [2.75, 3.05) is 17.2 Å². The summed E-state index contributed by atoms with van der Waals surface area (Å²) < 4.78 is 17.6. The molecule has 9 nitrogen and oxygen atoms in total. The summed E-state index contributed by atoms with van der Waals surface area (Å²) >= 11 is 0. The Morgan fingerprint density at radius 1 is 0.966 bits per heavy atom. The van der Waals surface area contributed by atoms with E-state index >= 15 is 0 Å². The highest BCUT2D eigenvalue weighted by molar-refractivity contribution is 5.93. The van der Waals surface area contributed by atoms with E-state index in [0.29, 0.717) is 5.69 Å². The average molecular weight is 403 g/mol. The number of esters is 1. The van der Waals surface area contributed by atoms with Crippen LogP contribution in [-0.2, 0) is 19.1 Å². The third kappa shape index (κ3) is 7.75. The molecule has 2 rings (SSSR count). The number of nitrogens with zero attached hydrogens (tertiary/aromatic N) is 1. The molecule has 0 saturated heterocycles. The van der Waals surface area contributed by atoms with Crippen LogP contribution in [0.4, 0.5) is 21.5 Å². The highest BCUT2D eigenvalue weighted by Gasteiger charge is 2.11. The molecule has 2 amide bonds. The summed E-state index contributed by atoms with van der Waals surface area (Å²) in [5.74, 6) is -2.08. The lowest BCUT2D eigenvalue weighted by atomic mass is 10.2. The lowest BCUT2D eigenvalue weighted by Crippen LogP contribution is -2.21. The van der Waals surface area contributed by atoms with Crippen LogP contribution in [0.2, 0.25) is 0 Å². The fourth-order valence-corrected chi connectivity index (χ4v) is 2.26. The number of amides is 2. The Kier molecular flexibility index (Phi) is 7.78. The van der Waals surface area contributed by atoms with E-state index in [-0.39, 0.29) is 30.6 Å². The summed E-state index contributed by atoms with van der Waals surface area (Å²) in [7, 11) is 0. The molecule has 10 heteroatoms. The van der Waals surface area contributed by atoms with Gasteiger partial charge in [-0.2, -0.15) is 0 Å². The van der Waals surface area contributed by atoms with Gasteiger partial charge in [-0.25, -0.2) is 4.39 Å². The zero-order chi connectivity index (χ0) is 21.2. The molecular weight excluding hydrogens is 385 g/mol. The van der Waals surface area contributed by atoms with Crippen molar-refractivity contribution in [2.24, 2.45) is 0 Å². The number of carbonyl (C=O) groups is 3. The molecular formula is C19H18FN3O6. The summed E-state index contributed by atoms with van der Waals surface area (Å²) in [6.45, 7) is -0.504. The summed E-state index contributed by atoms with van der Waals surface area (Å²) in [6, 6.07) is 10.6. The van der Waals surface area contributed by atoms with Crippen LogP contribution in [0.3, 0.4) is 0 Å². The topological polar surface area (TPSA) is 128 Å². The van der Waals surface area contributed by atoms with Crippen molar-refractivity contribution in [2.45, 2.75) is 19.3 Å². The number of hydrogen-bond donors (Lipinski definition) is 2. The minimum Gasteiger partial charge on any atom is -0.456 e. The Bertz CT molecular complexity index is 901. The summed E-state index contributed by atoms with van der Waals surface area (Å²) in [4.78, 5) is 45.3. The number of halogens is 1. The molecule has 0 atom stereocenters. The molecule has 29 heavy (non-hydrogen) atoms. The van der Waals surface area contributed by atoms with E-state index in [2.05, 4.69) is 10.6 Å². The smallest absolute Gasteiger partial charge is 0.306 e. The molecule has 152 valence electrons. The second kappa shape index (κ2) is 10.5. The third-order valence-electron chi connectivity index (χ3n) is 3.62. The number of ether oxygens (including phenoxy) is 1. The zero-order valence-corrected chi connectivity index (χ0v) is 15.2. The zero-order valence-electron chi connectivity index (χ0n) is 15.2. The van der Waals surface area contributed by atoms with Crippen molar-refractivity contribution in [3.05, 3.63) is 64.5 Å². The maximum absolute atomic E-state index is 12.8. The Labute approximate surface area is 165 Å². The van der Waals surface area contributed by atoms with Crippen LogP contribution >= 0.6 is 0 Å². The first-order valence-electron chi connectivity index (χ1n) is 8.59. The van der Waals surface area contributed by atoms with E-state index in [1.54, 1.807) is 0 Å². The molecule has 0 saturated carbocycles. The van der Waals surface area contributed by atoms with Gasteiger partial charge in [0, 0.05) is 36.3 Å². The monoisotopic (exact) mass is 403 g/mol. The first-order valence-corrected chi connectivity index (χ1v) is 8.59. The highest BCUT2D eigenvalue weighted by Crippen LogP contribution is 2.17. The van der Waals surface area contributed by atoms with Crippen LogP contribution in [0.5, 0.6) is 0 Å². The second-order valence-electron chi connectivity index (χ2n) is 5.92. The number of nitro groups is 1. The number of nitrogens with one attached hydrogen (secondary N) is 2. The Morgan fingerprint density at radius 3 is 2.34 bits per heavy atom. The highest BCUT2D eigenvalue weighted by atomic mass is 19.1. The predicted molar refractivity (Wildman–Crippen MR) is 102 cm³/mol. The van der Waals surface area contributed by atoms with E-state index in [9.17, 15) is 28.9 Å². The van der Waals surface area contributed by atoms with Crippen molar-refractivity contribution in [3.8, 4) is 0 Å². The van der Waals surface area contributed by atoms with Crippen molar-refractivity contribution in [3.63, 3.8) is 0 Å². The van der Waals surface area contributed by atoms with Crippen LogP contribution in [0.15, 0.2) is 48.5 Å². The van der Waals surface area contributed by atoms with E-state index in [0.717, 1.165) is 0 Å². The van der Waals surface area contributed by atoms with Gasteiger partial charge >= 0.3 is 5.97 Å². The SMILES string of the molecule is O=C(CCCC(=O)OCC(=O)Nc1ccc(F)cc1)Nc1cccc([N+](=O)[O-])c1. The van der Waals surface area contributed by atoms with Gasteiger partial charge in [-0.3, -0.25) is 24.5 Å². The van der Waals surface area contributed by atoms with Gasteiger partial charge < -0.3 is 15.4 Å². The first-order chi connectivity index (χ1) is 13.8. The number of carbonyl (C=O) groups excluding carboxylic acids is 3. The molecule has 2 N–H and O–H groups in total. The van der Waals surface area contributed by atoms with E-state index in [1.807, 2.05) is 0 Å². The van der Waals surface area contributed by atoms with Crippen LogP contribution in [-0.4, -0.2) is 29.3 Å². The van der Waals surface area contributed by atoms with Crippen molar-refractivity contribution in [1.82, 2.24) is 0 Å². The average Bonchev–Trinajstić information content (AvgIpc) is 2.68. The Morgan fingerprint density at radius 2 is 1.66 bits per heavy atom. The van der Waals surface area contributed by atoms with Crippen LogP contribution in [0, 0.1) is 15.9 Å². The number of nitro benzene ring substituents is 1. The van der Waals surface area contributed by atoms with Gasteiger partial charge in [-0.1, -0.05) is 6.07 Å². The van der Waals surface area contributed by atoms with Crippen LogP contribution in [0.1, 0.15) is 19.3 Å². The third-order valence-corrected chi connectivity index (χ3v) is 3.62. The number of benzene rings is 2. The Balaban J connectivity index is 1.65. The predicted octanol–water partition coefficient (Wildman–Crippen LogP) is 3.02. The minimum absolute atomic E-state index is 0.000429. The van der Waals surface area contributed by atoms with Gasteiger partial charge in [-0.15, -0.1) is 0 Å². The largest absolute Gasteiger partial charge is 0.456 e. The summed E-state index contributed by atoms with van der Waals surface area (Å²) in [5.41, 5.74) is 0.500. The maximum Gasteiger partial charge on any atom is 0.306 e. The number of hydrogen-bond acceptors (Lipinski definition) is 6. The van der Waals surface area contributed by atoms with Crippen LogP contribution < -0.4 is 10.6 Å². The lowest BCUT2D eigenvalue weighted by molar-refractivity contribution is -0.384. The quantitative estimate of drug-likeness (QED) is 0.376. The molecule has 0 aliphatic carbocycles. The van der Waals surface area contributed by atoms with Crippen molar-refractivity contribution >= 4 is 34.8 Å². The number of non-ortho nitro benzene ring substituents is 1. The summed E-state index contributed by atoms with van der Waals surface area (Å²) in [6.07, 6.45) is 0.102. The molecule has 0 bridgehead atoms. The summed E-state index contributed by atoms with van der Waals surface area (Å²) in [5, 5.41) is 15.7. The maximum atomic E-state index is 12.8. The van der Waals surface area contributed by atoms with Gasteiger partial charge in [0.1, 0.15) is 5.82 Å².